The second-order valence-corrected chi connectivity index (χ2v) is 10.6. The molecule has 1 heterocycles. The van der Waals surface area contributed by atoms with Gasteiger partial charge in [-0.05, 0) is 37.8 Å². The summed E-state index contributed by atoms with van der Waals surface area (Å²) in [5.74, 6) is 4.08. The van der Waals surface area contributed by atoms with Crippen LogP contribution in [0, 0.1) is 0 Å². The Balaban J connectivity index is 1.63. The molecule has 0 aliphatic carbocycles. The van der Waals surface area contributed by atoms with E-state index >= 15 is 0 Å². The van der Waals surface area contributed by atoms with Crippen LogP contribution in [0.5, 0.6) is 11.5 Å². The van der Waals surface area contributed by atoms with E-state index in [2.05, 4.69) is 105 Å². The Bertz CT molecular complexity index is 1040. The van der Waals surface area contributed by atoms with Crippen molar-refractivity contribution >= 4 is 37.0 Å². The van der Waals surface area contributed by atoms with Gasteiger partial charge in [0.05, 0.1) is 17.5 Å². The van der Waals surface area contributed by atoms with Gasteiger partial charge in [-0.1, -0.05) is 73.4 Å². The Morgan fingerprint density at radius 3 is 2.69 bits per heavy atom. The molecule has 29 heavy (non-hydrogen) atoms. The van der Waals surface area contributed by atoms with Gasteiger partial charge in [-0.25, -0.2) is 0 Å². The molecule has 1 aliphatic heterocycles. The summed E-state index contributed by atoms with van der Waals surface area (Å²) < 4.78 is 12.9. The van der Waals surface area contributed by atoms with Crippen LogP contribution >= 0.6 is 0 Å². The Morgan fingerprint density at radius 2 is 1.86 bits per heavy atom. The van der Waals surface area contributed by atoms with E-state index in [1.807, 2.05) is 0 Å². The molecule has 0 radical (unpaired) electrons. The number of ether oxygens (including phenoxy) is 1. The fourth-order valence-electron chi connectivity index (χ4n) is 3.90. The molecule has 0 aromatic heterocycles. The number of anilines is 1. The van der Waals surface area contributed by atoms with Crippen molar-refractivity contribution < 1.29 is 8.53 Å². The van der Waals surface area contributed by atoms with Gasteiger partial charge < -0.3 is 13.8 Å². The van der Waals surface area contributed by atoms with Crippen molar-refractivity contribution in [3.8, 4) is 11.5 Å². The minimum absolute atomic E-state index is 0.141. The average Bonchev–Trinajstić information content (AvgIpc) is 2.73. The monoisotopic (exact) mass is 401 g/mol. The third-order valence-corrected chi connectivity index (χ3v) is 8.84. The van der Waals surface area contributed by atoms with Gasteiger partial charge in [0.1, 0.15) is 10.2 Å². The zero-order valence-corrected chi connectivity index (χ0v) is 18.8. The molecule has 0 saturated carbocycles. The molecule has 0 bridgehead atoms. The van der Waals surface area contributed by atoms with Gasteiger partial charge in [0.25, 0.3) is 0 Å². The maximum Gasteiger partial charge on any atom is 0.594 e. The maximum absolute atomic E-state index is 6.64. The van der Waals surface area contributed by atoms with Crippen LogP contribution in [-0.2, 0) is 0 Å². The van der Waals surface area contributed by atoms with Crippen molar-refractivity contribution in [2.75, 3.05) is 5.32 Å². The first-order valence-electron chi connectivity index (χ1n) is 10.4. The molecule has 0 saturated heterocycles. The lowest BCUT2D eigenvalue weighted by atomic mass is 10.1. The van der Waals surface area contributed by atoms with Gasteiger partial charge in [-0.2, -0.15) is 0 Å². The van der Waals surface area contributed by atoms with E-state index in [9.17, 15) is 0 Å². The van der Waals surface area contributed by atoms with E-state index in [0.717, 1.165) is 29.0 Å². The first kappa shape index (κ1) is 19.9. The van der Waals surface area contributed by atoms with Crippen LogP contribution in [0.1, 0.15) is 32.8 Å². The second kappa shape index (κ2) is 8.15. The van der Waals surface area contributed by atoms with E-state index in [1.165, 1.54) is 10.9 Å². The minimum Gasteiger partial charge on any atom is -0.640 e. The van der Waals surface area contributed by atoms with Gasteiger partial charge >= 0.3 is 14.5 Å². The fourth-order valence-corrected chi connectivity index (χ4v) is 5.80. The van der Waals surface area contributed by atoms with Crippen molar-refractivity contribution in [3.05, 3.63) is 72.3 Å². The molecule has 0 amide bonds. The molecule has 148 valence electrons. The first-order chi connectivity index (χ1) is 14.0. The largest absolute Gasteiger partial charge is 0.640 e. The molecular weight excluding hydrogens is 373 g/mol. The van der Waals surface area contributed by atoms with Gasteiger partial charge in [-0.15, -0.1) is 0 Å². The first-order valence-corrected chi connectivity index (χ1v) is 12.6. The number of hydrogen-bond donors (Lipinski definition) is 1. The third kappa shape index (κ3) is 3.75. The molecule has 4 rings (SSSR count). The van der Waals surface area contributed by atoms with E-state index < -0.39 is 14.5 Å². The third-order valence-electron chi connectivity index (χ3n) is 6.00. The van der Waals surface area contributed by atoms with Crippen LogP contribution in [0.2, 0.25) is 5.79 Å². The molecular formula is C25H28AlNO2. The van der Waals surface area contributed by atoms with Crippen molar-refractivity contribution in [1.82, 2.24) is 0 Å². The van der Waals surface area contributed by atoms with Gasteiger partial charge in [-0.3, -0.25) is 0 Å². The molecule has 1 unspecified atom stereocenters. The van der Waals surface area contributed by atoms with Crippen molar-refractivity contribution in [2.24, 2.45) is 0 Å². The molecule has 3 nitrogen and oxygen atoms in total. The zero-order valence-electron chi connectivity index (χ0n) is 17.6. The highest BCUT2D eigenvalue weighted by Crippen LogP contribution is 2.40. The SMILES string of the molecule is CC/C=C\c1cccc2c1N[C@H](C)[C](C)([Al]([CH3])[O]c1cccc3ccccc13)O2. The van der Waals surface area contributed by atoms with Crippen LogP contribution < -0.4 is 13.8 Å². The summed E-state index contributed by atoms with van der Waals surface area (Å²) in [4.78, 5) is 0. The number of fused-ring (bicyclic) bond motifs is 2. The Hall–Kier alpha value is -2.41. The quantitative estimate of drug-likeness (QED) is 0.498. The van der Waals surface area contributed by atoms with E-state index in [-0.39, 0.29) is 10.5 Å². The summed E-state index contributed by atoms with van der Waals surface area (Å²) in [6.07, 6.45) is 5.36. The normalized spacial score (nSPS) is 20.8. The summed E-state index contributed by atoms with van der Waals surface area (Å²) in [6.45, 7) is 6.52. The lowest BCUT2D eigenvalue weighted by molar-refractivity contribution is 0.129. The average molecular weight is 401 g/mol. The van der Waals surface area contributed by atoms with Crippen LogP contribution in [0.4, 0.5) is 5.69 Å². The number of nitrogens with one attached hydrogen (secondary N) is 1. The Morgan fingerprint density at radius 1 is 1.10 bits per heavy atom. The van der Waals surface area contributed by atoms with E-state index in [4.69, 9.17) is 8.53 Å². The number of rotatable bonds is 5. The molecule has 0 spiro atoms. The predicted octanol–water partition coefficient (Wildman–Crippen LogP) is 6.45. The summed E-state index contributed by atoms with van der Waals surface area (Å²) in [5.41, 5.74) is 2.25. The predicted molar refractivity (Wildman–Crippen MR) is 124 cm³/mol. The molecule has 4 heteroatoms. The fraction of sp³-hybridized carbons (Fsp3) is 0.280. The highest BCUT2D eigenvalue weighted by molar-refractivity contribution is 6.55. The van der Waals surface area contributed by atoms with Crippen molar-refractivity contribution in [2.45, 2.75) is 43.5 Å². The van der Waals surface area contributed by atoms with Gasteiger partial charge in [0, 0.05) is 10.9 Å². The number of allylic oxidation sites excluding steroid dienone is 1. The van der Waals surface area contributed by atoms with Crippen LogP contribution in [0.3, 0.4) is 0 Å². The van der Waals surface area contributed by atoms with Crippen LogP contribution in [0.25, 0.3) is 16.8 Å². The van der Waals surface area contributed by atoms with Gasteiger partial charge in [0.2, 0.25) is 0 Å². The second-order valence-electron chi connectivity index (χ2n) is 7.92. The summed E-state index contributed by atoms with van der Waals surface area (Å²) in [5, 5.41) is 6.06. The Kier molecular flexibility index (Phi) is 5.59. The molecule has 3 aromatic rings. The van der Waals surface area contributed by atoms with Gasteiger partial charge in [0.15, 0.2) is 0 Å². The number of benzene rings is 3. The number of hydrogen-bond acceptors (Lipinski definition) is 3. The molecule has 0 fully saturated rings. The minimum atomic E-state index is -1.79. The molecule has 2 atom stereocenters. The zero-order chi connectivity index (χ0) is 20.4. The molecule has 1 N–H and O–H groups in total. The highest BCUT2D eigenvalue weighted by atomic mass is 27.2. The lowest BCUT2D eigenvalue weighted by Crippen LogP contribution is -2.61. The topological polar surface area (TPSA) is 30.5 Å². The highest BCUT2D eigenvalue weighted by Gasteiger charge is 2.51. The molecule has 1 aliphatic rings. The summed E-state index contributed by atoms with van der Waals surface area (Å²) in [7, 11) is 0. The van der Waals surface area contributed by atoms with E-state index in [1.54, 1.807) is 0 Å². The number of para-hydroxylation sites is 1. The van der Waals surface area contributed by atoms with Crippen molar-refractivity contribution in [1.29, 1.82) is 0 Å². The van der Waals surface area contributed by atoms with Crippen LogP contribution in [-0.4, -0.2) is 25.0 Å². The smallest absolute Gasteiger partial charge is 0.594 e. The van der Waals surface area contributed by atoms with Crippen molar-refractivity contribution in [3.63, 3.8) is 0 Å². The lowest BCUT2D eigenvalue weighted by Gasteiger charge is -2.43. The summed E-state index contributed by atoms with van der Waals surface area (Å²) in [6, 6.07) is 21.0. The summed E-state index contributed by atoms with van der Waals surface area (Å²) >= 11 is -1.79. The Labute approximate surface area is 178 Å². The van der Waals surface area contributed by atoms with Crippen LogP contribution in [0.15, 0.2) is 66.7 Å². The van der Waals surface area contributed by atoms with E-state index in [0.29, 0.717) is 0 Å². The standard InChI is InChI=1S/C14H18NO.C10H8O.CH3.Al/c1-4-5-7-12-8-6-9-13-14(12)15-10(2)11(3)16-13;11-10-7-3-5-8-4-1-2-6-9(8)10;;/h5-10,15H,4H2,1-3H3;1-7,11H;1H3;/q;;;+1/p-1/b7-5-;;;/t10-;;;/m1.../s1. The molecule has 3 aromatic carbocycles. The maximum atomic E-state index is 6.64.